The SMILES string of the molecule is CSc1ncc(C#N)c(N2CCCN(C(=O)C3CCC3)CC2)n1. The highest BCUT2D eigenvalue weighted by molar-refractivity contribution is 7.98. The number of nitrogens with zero attached hydrogens (tertiary/aromatic N) is 5. The third kappa shape index (κ3) is 3.42. The van der Waals surface area contributed by atoms with Crippen molar-refractivity contribution in [3.8, 4) is 6.07 Å². The molecule has 3 rings (SSSR count). The van der Waals surface area contributed by atoms with Gasteiger partial charge in [0.2, 0.25) is 5.91 Å². The zero-order valence-corrected chi connectivity index (χ0v) is 14.2. The molecular formula is C16H21N5OS. The van der Waals surface area contributed by atoms with Crippen LogP contribution in [0.5, 0.6) is 0 Å². The predicted octanol–water partition coefficient (Wildman–Crippen LogP) is 1.91. The molecule has 0 spiro atoms. The van der Waals surface area contributed by atoms with Crippen LogP contribution < -0.4 is 4.90 Å². The van der Waals surface area contributed by atoms with Crippen molar-refractivity contribution in [2.45, 2.75) is 30.8 Å². The van der Waals surface area contributed by atoms with E-state index in [9.17, 15) is 10.1 Å². The molecule has 2 aliphatic rings. The van der Waals surface area contributed by atoms with Crippen LogP contribution in [0, 0.1) is 17.2 Å². The first-order valence-electron chi connectivity index (χ1n) is 8.08. The third-order valence-corrected chi connectivity index (χ3v) is 5.17. The Labute approximate surface area is 140 Å². The first kappa shape index (κ1) is 16.1. The van der Waals surface area contributed by atoms with E-state index >= 15 is 0 Å². The topological polar surface area (TPSA) is 73.1 Å². The first-order valence-corrected chi connectivity index (χ1v) is 9.30. The molecule has 0 unspecified atom stereocenters. The number of rotatable bonds is 3. The Kier molecular flexibility index (Phi) is 5.01. The summed E-state index contributed by atoms with van der Waals surface area (Å²) in [5.41, 5.74) is 0.501. The van der Waals surface area contributed by atoms with Crippen LogP contribution in [-0.4, -0.2) is 53.2 Å². The molecule has 0 N–H and O–H groups in total. The molecule has 2 heterocycles. The molecule has 122 valence electrons. The van der Waals surface area contributed by atoms with E-state index in [1.807, 2.05) is 11.2 Å². The molecule has 1 aromatic heterocycles. The van der Waals surface area contributed by atoms with Crippen molar-refractivity contribution in [1.29, 1.82) is 5.26 Å². The van der Waals surface area contributed by atoms with E-state index in [0.717, 1.165) is 38.9 Å². The standard InChI is InChI=1S/C16H21N5OS/c1-23-16-18-11-13(10-17)14(19-16)20-6-3-7-21(9-8-20)15(22)12-4-2-5-12/h11-12H,2-9H2,1H3. The molecule has 1 aromatic rings. The maximum absolute atomic E-state index is 12.4. The summed E-state index contributed by atoms with van der Waals surface area (Å²) in [7, 11) is 0. The van der Waals surface area contributed by atoms with Crippen molar-refractivity contribution < 1.29 is 4.79 Å². The summed E-state index contributed by atoms with van der Waals surface area (Å²) in [6.45, 7) is 3.04. The van der Waals surface area contributed by atoms with Gasteiger partial charge in [-0.25, -0.2) is 9.97 Å². The van der Waals surface area contributed by atoms with Crippen LogP contribution in [0.2, 0.25) is 0 Å². The molecule has 1 aliphatic heterocycles. The fourth-order valence-corrected chi connectivity index (χ4v) is 3.37. The second kappa shape index (κ2) is 7.18. The largest absolute Gasteiger partial charge is 0.354 e. The molecule has 7 heteroatoms. The van der Waals surface area contributed by atoms with E-state index in [0.29, 0.717) is 29.0 Å². The average Bonchev–Trinajstić information content (AvgIpc) is 2.78. The summed E-state index contributed by atoms with van der Waals surface area (Å²) in [5, 5.41) is 9.98. The first-order chi connectivity index (χ1) is 11.2. The van der Waals surface area contributed by atoms with Gasteiger partial charge >= 0.3 is 0 Å². The van der Waals surface area contributed by atoms with E-state index in [4.69, 9.17) is 0 Å². The summed E-state index contributed by atoms with van der Waals surface area (Å²) in [6, 6.07) is 2.18. The molecule has 1 amide bonds. The van der Waals surface area contributed by atoms with Gasteiger partial charge in [0, 0.05) is 32.1 Å². The number of amides is 1. The highest BCUT2D eigenvalue weighted by Gasteiger charge is 2.30. The van der Waals surface area contributed by atoms with Crippen LogP contribution in [0.25, 0.3) is 0 Å². The number of carbonyl (C=O) groups excluding carboxylic acids is 1. The number of anilines is 1. The van der Waals surface area contributed by atoms with Crippen LogP contribution in [0.3, 0.4) is 0 Å². The van der Waals surface area contributed by atoms with E-state index < -0.39 is 0 Å². The van der Waals surface area contributed by atoms with Crippen LogP contribution >= 0.6 is 11.8 Å². The van der Waals surface area contributed by atoms with Gasteiger partial charge in [-0.1, -0.05) is 18.2 Å². The van der Waals surface area contributed by atoms with Crippen molar-refractivity contribution >= 4 is 23.5 Å². The Morgan fingerprint density at radius 1 is 1.30 bits per heavy atom. The molecule has 0 aromatic carbocycles. The van der Waals surface area contributed by atoms with E-state index in [1.54, 1.807) is 6.20 Å². The minimum atomic E-state index is 0.248. The smallest absolute Gasteiger partial charge is 0.225 e. The van der Waals surface area contributed by atoms with Gasteiger partial charge in [0.05, 0.1) is 6.20 Å². The molecule has 2 fully saturated rings. The molecule has 1 saturated heterocycles. The number of hydrogen-bond donors (Lipinski definition) is 0. The van der Waals surface area contributed by atoms with E-state index in [2.05, 4.69) is 20.9 Å². The van der Waals surface area contributed by atoms with Crippen molar-refractivity contribution in [1.82, 2.24) is 14.9 Å². The molecule has 23 heavy (non-hydrogen) atoms. The number of carbonyl (C=O) groups is 1. The van der Waals surface area contributed by atoms with E-state index in [-0.39, 0.29) is 5.92 Å². The minimum Gasteiger partial charge on any atom is -0.354 e. The van der Waals surface area contributed by atoms with Crippen molar-refractivity contribution in [2.24, 2.45) is 5.92 Å². The van der Waals surface area contributed by atoms with Crippen LogP contribution in [0.15, 0.2) is 11.4 Å². The van der Waals surface area contributed by atoms with Crippen molar-refractivity contribution in [3.63, 3.8) is 0 Å². The lowest BCUT2D eigenvalue weighted by Gasteiger charge is -2.31. The monoisotopic (exact) mass is 331 g/mol. The zero-order chi connectivity index (χ0) is 16.2. The van der Waals surface area contributed by atoms with Gasteiger partial charge in [-0.3, -0.25) is 4.79 Å². The number of nitriles is 1. The van der Waals surface area contributed by atoms with Crippen LogP contribution in [0.4, 0.5) is 5.82 Å². The van der Waals surface area contributed by atoms with Crippen LogP contribution in [-0.2, 0) is 4.79 Å². The van der Waals surface area contributed by atoms with Gasteiger partial charge in [-0.05, 0) is 25.5 Å². The van der Waals surface area contributed by atoms with Gasteiger partial charge in [0.25, 0.3) is 0 Å². The summed E-state index contributed by atoms with van der Waals surface area (Å²) >= 11 is 1.47. The van der Waals surface area contributed by atoms with E-state index in [1.165, 1.54) is 18.2 Å². The Bertz CT molecular complexity index is 625. The van der Waals surface area contributed by atoms with Crippen LogP contribution in [0.1, 0.15) is 31.2 Å². The summed E-state index contributed by atoms with van der Waals surface area (Å²) < 4.78 is 0. The maximum atomic E-state index is 12.4. The zero-order valence-electron chi connectivity index (χ0n) is 13.4. The second-order valence-electron chi connectivity index (χ2n) is 6.00. The van der Waals surface area contributed by atoms with Crippen molar-refractivity contribution in [2.75, 3.05) is 37.3 Å². The van der Waals surface area contributed by atoms with Crippen molar-refractivity contribution in [3.05, 3.63) is 11.8 Å². The molecule has 0 atom stereocenters. The lowest BCUT2D eigenvalue weighted by molar-refractivity contribution is -0.137. The molecule has 1 saturated carbocycles. The summed E-state index contributed by atoms with van der Waals surface area (Å²) in [6.07, 6.45) is 7.69. The fourth-order valence-electron chi connectivity index (χ4n) is 3.04. The van der Waals surface area contributed by atoms with Gasteiger partial charge < -0.3 is 9.80 Å². The van der Waals surface area contributed by atoms with Gasteiger partial charge in [0.1, 0.15) is 11.6 Å². The molecule has 0 radical (unpaired) electrons. The fraction of sp³-hybridized carbons (Fsp3) is 0.625. The maximum Gasteiger partial charge on any atom is 0.225 e. The second-order valence-corrected chi connectivity index (χ2v) is 6.77. The van der Waals surface area contributed by atoms with Gasteiger partial charge in [-0.15, -0.1) is 0 Å². The summed E-state index contributed by atoms with van der Waals surface area (Å²) in [4.78, 5) is 25.2. The predicted molar refractivity (Wildman–Crippen MR) is 89.3 cm³/mol. The normalized spacial score (nSPS) is 19.0. The quantitative estimate of drug-likeness (QED) is 0.622. The number of aromatic nitrogens is 2. The average molecular weight is 331 g/mol. The van der Waals surface area contributed by atoms with Gasteiger partial charge in [0.15, 0.2) is 11.0 Å². The Balaban J connectivity index is 1.72. The molecular weight excluding hydrogens is 310 g/mol. The number of thioether (sulfide) groups is 1. The summed E-state index contributed by atoms with van der Waals surface area (Å²) in [5.74, 6) is 1.26. The Morgan fingerprint density at radius 2 is 2.13 bits per heavy atom. The third-order valence-electron chi connectivity index (χ3n) is 4.61. The Hall–Kier alpha value is -1.81. The lowest BCUT2D eigenvalue weighted by atomic mass is 9.84. The molecule has 6 nitrogen and oxygen atoms in total. The highest BCUT2D eigenvalue weighted by atomic mass is 32.2. The number of hydrogen-bond acceptors (Lipinski definition) is 6. The highest BCUT2D eigenvalue weighted by Crippen LogP contribution is 2.29. The minimum absolute atomic E-state index is 0.248. The molecule has 0 bridgehead atoms. The van der Waals surface area contributed by atoms with Gasteiger partial charge in [-0.2, -0.15) is 5.26 Å². The molecule has 1 aliphatic carbocycles. The lowest BCUT2D eigenvalue weighted by Crippen LogP contribution is -2.41. The Morgan fingerprint density at radius 3 is 2.78 bits per heavy atom.